The van der Waals surface area contributed by atoms with Gasteiger partial charge in [0.15, 0.2) is 0 Å². The van der Waals surface area contributed by atoms with E-state index in [1.165, 1.54) is 5.56 Å². The van der Waals surface area contributed by atoms with Gasteiger partial charge in [0, 0.05) is 12.5 Å². The van der Waals surface area contributed by atoms with E-state index in [4.69, 9.17) is 0 Å². The quantitative estimate of drug-likeness (QED) is 0.814. The van der Waals surface area contributed by atoms with Gasteiger partial charge in [-0.05, 0) is 37.4 Å². The van der Waals surface area contributed by atoms with Crippen LogP contribution in [0, 0.1) is 0 Å². The molecule has 0 radical (unpaired) electrons. The molecule has 3 heteroatoms. The number of benzene rings is 1. The third kappa shape index (κ3) is 2.59. The number of hydrogen-bond donors (Lipinski definition) is 1. The second-order valence-corrected chi connectivity index (χ2v) is 4.53. The standard InChI is InChI=1S/C13H17F2N/c1-13(14,15)12-4-2-10(3-5-12)11-6-8-16-9-7-11/h2-5,11,16H,6-9H2,1H3. The van der Waals surface area contributed by atoms with E-state index in [9.17, 15) is 8.78 Å². The molecule has 0 saturated carbocycles. The summed E-state index contributed by atoms with van der Waals surface area (Å²) in [5.74, 6) is -2.20. The van der Waals surface area contributed by atoms with Crippen molar-refractivity contribution in [1.82, 2.24) is 5.32 Å². The highest BCUT2D eigenvalue weighted by atomic mass is 19.3. The molecule has 1 aliphatic heterocycles. The lowest BCUT2D eigenvalue weighted by molar-refractivity contribution is 0.0174. The first-order valence-electron chi connectivity index (χ1n) is 5.76. The van der Waals surface area contributed by atoms with Crippen LogP contribution in [0.15, 0.2) is 24.3 Å². The molecule has 1 N–H and O–H groups in total. The van der Waals surface area contributed by atoms with Crippen molar-refractivity contribution in [2.45, 2.75) is 31.6 Å². The van der Waals surface area contributed by atoms with E-state index < -0.39 is 5.92 Å². The number of hydrogen-bond acceptors (Lipinski definition) is 1. The number of alkyl halides is 2. The number of nitrogens with one attached hydrogen (secondary N) is 1. The number of rotatable bonds is 2. The molecule has 0 atom stereocenters. The first-order valence-corrected chi connectivity index (χ1v) is 5.76. The summed E-state index contributed by atoms with van der Waals surface area (Å²) in [6, 6.07) is 6.81. The minimum Gasteiger partial charge on any atom is -0.317 e. The van der Waals surface area contributed by atoms with Crippen molar-refractivity contribution in [2.75, 3.05) is 13.1 Å². The Bertz CT molecular complexity index is 334. The average Bonchev–Trinajstić information content (AvgIpc) is 2.29. The van der Waals surface area contributed by atoms with Gasteiger partial charge in [-0.15, -0.1) is 0 Å². The predicted molar refractivity (Wildman–Crippen MR) is 60.9 cm³/mol. The van der Waals surface area contributed by atoms with Gasteiger partial charge in [-0.3, -0.25) is 0 Å². The van der Waals surface area contributed by atoms with E-state index in [1.807, 2.05) is 12.1 Å². The molecule has 0 amide bonds. The molecular formula is C13H17F2N. The summed E-state index contributed by atoms with van der Waals surface area (Å²) in [5, 5.41) is 3.30. The fourth-order valence-electron chi connectivity index (χ4n) is 2.20. The summed E-state index contributed by atoms with van der Waals surface area (Å²) in [5.41, 5.74) is 1.29. The van der Waals surface area contributed by atoms with Gasteiger partial charge in [0.1, 0.15) is 0 Å². The number of halogens is 2. The SMILES string of the molecule is CC(F)(F)c1ccc(C2CCNCC2)cc1. The topological polar surface area (TPSA) is 12.0 Å². The third-order valence-electron chi connectivity index (χ3n) is 3.23. The Hall–Kier alpha value is -0.960. The van der Waals surface area contributed by atoms with E-state index in [0.29, 0.717) is 5.92 Å². The van der Waals surface area contributed by atoms with Gasteiger partial charge in [-0.1, -0.05) is 24.3 Å². The van der Waals surface area contributed by atoms with Gasteiger partial charge >= 0.3 is 0 Å². The van der Waals surface area contributed by atoms with Crippen LogP contribution in [0.25, 0.3) is 0 Å². The molecule has 1 heterocycles. The first kappa shape index (κ1) is 11.5. The number of piperidine rings is 1. The van der Waals surface area contributed by atoms with E-state index in [2.05, 4.69) is 5.32 Å². The highest BCUT2D eigenvalue weighted by Gasteiger charge is 2.24. The van der Waals surface area contributed by atoms with Crippen LogP contribution in [-0.4, -0.2) is 13.1 Å². The average molecular weight is 225 g/mol. The van der Waals surface area contributed by atoms with Crippen molar-refractivity contribution in [3.8, 4) is 0 Å². The monoisotopic (exact) mass is 225 g/mol. The fraction of sp³-hybridized carbons (Fsp3) is 0.538. The Morgan fingerprint density at radius 2 is 1.69 bits per heavy atom. The van der Waals surface area contributed by atoms with Gasteiger partial charge in [-0.2, -0.15) is 0 Å². The van der Waals surface area contributed by atoms with Gasteiger partial charge in [0.05, 0.1) is 0 Å². The molecule has 1 aliphatic rings. The van der Waals surface area contributed by atoms with E-state index in [1.54, 1.807) is 12.1 Å². The molecule has 0 spiro atoms. The zero-order valence-corrected chi connectivity index (χ0v) is 9.47. The highest BCUT2D eigenvalue weighted by Crippen LogP contribution is 2.30. The van der Waals surface area contributed by atoms with E-state index in [0.717, 1.165) is 32.9 Å². The summed E-state index contributed by atoms with van der Waals surface area (Å²) >= 11 is 0. The van der Waals surface area contributed by atoms with Crippen molar-refractivity contribution in [3.63, 3.8) is 0 Å². The van der Waals surface area contributed by atoms with Crippen LogP contribution < -0.4 is 5.32 Å². The molecule has 0 aliphatic carbocycles. The first-order chi connectivity index (χ1) is 7.57. The molecule has 1 saturated heterocycles. The molecule has 1 nitrogen and oxygen atoms in total. The molecule has 2 rings (SSSR count). The van der Waals surface area contributed by atoms with Crippen LogP contribution in [0.1, 0.15) is 36.8 Å². The Labute approximate surface area is 94.9 Å². The minimum absolute atomic E-state index is 0.102. The Morgan fingerprint density at radius 3 is 2.19 bits per heavy atom. The molecule has 1 fully saturated rings. The van der Waals surface area contributed by atoms with Crippen LogP contribution in [0.3, 0.4) is 0 Å². The molecule has 0 aromatic heterocycles. The Balaban J connectivity index is 2.12. The van der Waals surface area contributed by atoms with Gasteiger partial charge in [0.2, 0.25) is 0 Å². The highest BCUT2D eigenvalue weighted by molar-refractivity contribution is 5.28. The lowest BCUT2D eigenvalue weighted by atomic mass is 9.89. The molecule has 88 valence electrons. The second kappa shape index (κ2) is 4.50. The molecule has 16 heavy (non-hydrogen) atoms. The molecule has 0 unspecified atom stereocenters. The predicted octanol–water partition coefficient (Wildman–Crippen LogP) is 3.27. The summed E-state index contributed by atoms with van der Waals surface area (Å²) < 4.78 is 26.0. The maximum atomic E-state index is 13.0. The van der Waals surface area contributed by atoms with Crippen LogP contribution in [0.2, 0.25) is 0 Å². The van der Waals surface area contributed by atoms with Gasteiger partial charge < -0.3 is 5.32 Å². The fourth-order valence-corrected chi connectivity index (χ4v) is 2.20. The largest absolute Gasteiger partial charge is 0.317 e. The zero-order valence-electron chi connectivity index (χ0n) is 9.47. The third-order valence-corrected chi connectivity index (χ3v) is 3.23. The molecule has 1 aromatic carbocycles. The van der Waals surface area contributed by atoms with Crippen molar-refractivity contribution in [1.29, 1.82) is 0 Å². The minimum atomic E-state index is -2.73. The van der Waals surface area contributed by atoms with Gasteiger partial charge in [-0.25, -0.2) is 8.78 Å². The maximum Gasteiger partial charge on any atom is 0.270 e. The van der Waals surface area contributed by atoms with Crippen molar-refractivity contribution in [2.24, 2.45) is 0 Å². The Kier molecular flexibility index (Phi) is 3.24. The van der Waals surface area contributed by atoms with Gasteiger partial charge in [0.25, 0.3) is 5.92 Å². The molecule has 1 aromatic rings. The van der Waals surface area contributed by atoms with Crippen molar-refractivity contribution in [3.05, 3.63) is 35.4 Å². The molecular weight excluding hydrogens is 208 g/mol. The summed E-state index contributed by atoms with van der Waals surface area (Å²) in [7, 11) is 0. The smallest absolute Gasteiger partial charge is 0.270 e. The summed E-state index contributed by atoms with van der Waals surface area (Å²) in [6.45, 7) is 2.99. The van der Waals surface area contributed by atoms with Crippen LogP contribution in [0.5, 0.6) is 0 Å². The second-order valence-electron chi connectivity index (χ2n) is 4.53. The van der Waals surface area contributed by atoms with Crippen LogP contribution >= 0.6 is 0 Å². The normalized spacial score (nSPS) is 18.7. The molecule has 0 bridgehead atoms. The zero-order chi connectivity index (χ0) is 11.6. The summed E-state index contributed by atoms with van der Waals surface area (Å²) in [4.78, 5) is 0. The van der Waals surface area contributed by atoms with Crippen molar-refractivity contribution >= 4 is 0 Å². The van der Waals surface area contributed by atoms with Crippen LogP contribution in [-0.2, 0) is 5.92 Å². The van der Waals surface area contributed by atoms with E-state index >= 15 is 0 Å². The van der Waals surface area contributed by atoms with E-state index in [-0.39, 0.29) is 5.56 Å². The summed E-state index contributed by atoms with van der Waals surface area (Å²) in [6.07, 6.45) is 2.20. The maximum absolute atomic E-state index is 13.0. The lowest BCUT2D eigenvalue weighted by Crippen LogP contribution is -2.26. The lowest BCUT2D eigenvalue weighted by Gasteiger charge is -2.23. The Morgan fingerprint density at radius 1 is 1.12 bits per heavy atom. The van der Waals surface area contributed by atoms with Crippen molar-refractivity contribution < 1.29 is 8.78 Å². The van der Waals surface area contributed by atoms with Crippen LogP contribution in [0.4, 0.5) is 8.78 Å².